The number of hydrogen-bond acceptors (Lipinski definition) is 9. The molecule has 0 aromatic heterocycles. The maximum Gasteiger partial charge on any atom is 0.410 e. The number of carbonyl (C=O) groups is 4. The molecule has 282 valence electrons. The van der Waals surface area contributed by atoms with Crippen LogP contribution in [0.1, 0.15) is 36.8 Å². The van der Waals surface area contributed by atoms with Gasteiger partial charge in [-0.05, 0) is 93.3 Å². The number of anilines is 1. The molecule has 6 rings (SSSR count). The van der Waals surface area contributed by atoms with Crippen molar-refractivity contribution in [1.29, 1.82) is 0 Å². The lowest BCUT2D eigenvalue weighted by Gasteiger charge is -2.43. The number of aromatic hydroxyl groups is 1. The quantitative estimate of drug-likeness (QED) is 0.265. The summed E-state index contributed by atoms with van der Waals surface area (Å²) in [5.74, 6) is -0.543. The molecule has 0 spiro atoms. The van der Waals surface area contributed by atoms with Gasteiger partial charge < -0.3 is 29.9 Å². The molecule has 0 radical (unpaired) electrons. The van der Waals surface area contributed by atoms with E-state index in [1.807, 2.05) is 29.2 Å². The predicted octanol–water partition coefficient (Wildman–Crippen LogP) is 3.98. The van der Waals surface area contributed by atoms with Crippen molar-refractivity contribution in [3.8, 4) is 5.75 Å². The number of para-hydroxylation sites is 1. The van der Waals surface area contributed by atoms with Crippen molar-refractivity contribution in [3.63, 3.8) is 0 Å². The van der Waals surface area contributed by atoms with E-state index in [1.165, 1.54) is 7.05 Å². The molecule has 1 atom stereocenters. The van der Waals surface area contributed by atoms with Gasteiger partial charge in [-0.1, -0.05) is 18.2 Å². The summed E-state index contributed by atoms with van der Waals surface area (Å²) >= 11 is 6.75. The van der Waals surface area contributed by atoms with Crippen LogP contribution in [-0.2, 0) is 27.2 Å². The SMILES string of the molecule is CN(O)C(=O)CN1CCC(N2CCN(C(=O)C(Cc3cc(Br)c(O)c(Br)c3)OC(=O)N3CCC(N4CCc5ccccc5NC4=O)CC3)CC2)CC1. The molecule has 3 fully saturated rings. The number of nitrogens with one attached hydrogen (secondary N) is 1. The Morgan fingerprint density at radius 2 is 1.54 bits per heavy atom. The molecule has 0 saturated carbocycles. The largest absolute Gasteiger partial charge is 0.506 e. The number of piperidine rings is 2. The Morgan fingerprint density at radius 1 is 0.904 bits per heavy atom. The molecule has 0 aliphatic carbocycles. The number of piperazine rings is 1. The molecule has 4 heterocycles. The molecule has 3 N–H and O–H groups in total. The van der Waals surface area contributed by atoms with Crippen LogP contribution in [0.3, 0.4) is 0 Å². The highest BCUT2D eigenvalue weighted by Gasteiger charge is 2.36. The zero-order chi connectivity index (χ0) is 36.9. The number of likely N-dealkylation sites (N-methyl/N-ethyl adjacent to an activating group) is 1. The van der Waals surface area contributed by atoms with E-state index in [4.69, 9.17) is 4.74 Å². The number of rotatable bonds is 8. The number of carbonyl (C=O) groups excluding carboxylic acids is 4. The predicted molar refractivity (Wildman–Crippen MR) is 200 cm³/mol. The summed E-state index contributed by atoms with van der Waals surface area (Å²) in [6, 6.07) is 11.5. The van der Waals surface area contributed by atoms with Gasteiger partial charge in [0, 0.05) is 90.1 Å². The third-order valence-electron chi connectivity index (χ3n) is 10.7. The molecule has 4 aliphatic heterocycles. The Morgan fingerprint density at radius 3 is 2.19 bits per heavy atom. The highest BCUT2D eigenvalue weighted by atomic mass is 79.9. The number of urea groups is 1. The second kappa shape index (κ2) is 17.1. The average molecular weight is 850 g/mol. The Hall–Kier alpha value is -3.44. The fraction of sp³-hybridized carbons (Fsp3) is 0.556. The van der Waals surface area contributed by atoms with Gasteiger partial charge in [0.15, 0.2) is 6.10 Å². The van der Waals surface area contributed by atoms with E-state index in [1.54, 1.807) is 21.9 Å². The second-order valence-electron chi connectivity index (χ2n) is 14.0. The van der Waals surface area contributed by atoms with Crippen LogP contribution in [0.2, 0.25) is 0 Å². The first-order valence-electron chi connectivity index (χ1n) is 18.0. The minimum absolute atomic E-state index is 0.0178. The molecule has 16 heteroatoms. The van der Waals surface area contributed by atoms with Crippen LogP contribution in [-0.4, -0.2) is 154 Å². The Kier molecular flexibility index (Phi) is 12.6. The molecule has 3 saturated heterocycles. The lowest BCUT2D eigenvalue weighted by Crippen LogP contribution is -2.57. The summed E-state index contributed by atoms with van der Waals surface area (Å²) in [6.45, 7) is 5.49. The fourth-order valence-corrected chi connectivity index (χ4v) is 8.95. The lowest BCUT2D eigenvalue weighted by molar-refractivity contribution is -0.160. The molecule has 1 unspecified atom stereocenters. The zero-order valence-electron chi connectivity index (χ0n) is 29.4. The Bertz CT molecular complexity index is 1600. The number of ether oxygens (including phenoxy) is 1. The van der Waals surface area contributed by atoms with Gasteiger partial charge in [0.25, 0.3) is 11.8 Å². The summed E-state index contributed by atoms with van der Waals surface area (Å²) < 4.78 is 6.95. The maximum atomic E-state index is 14.1. The van der Waals surface area contributed by atoms with Gasteiger partial charge >= 0.3 is 12.1 Å². The van der Waals surface area contributed by atoms with Crippen molar-refractivity contribution in [2.75, 3.05) is 77.8 Å². The van der Waals surface area contributed by atoms with E-state index < -0.39 is 12.2 Å². The van der Waals surface area contributed by atoms with Gasteiger partial charge in [-0.3, -0.25) is 24.6 Å². The molecular formula is C36H47Br2N7O7. The number of phenols is 1. The van der Waals surface area contributed by atoms with Crippen molar-refractivity contribution >= 4 is 61.5 Å². The third kappa shape index (κ3) is 9.19. The monoisotopic (exact) mass is 847 g/mol. The van der Waals surface area contributed by atoms with Gasteiger partial charge in [0.2, 0.25) is 0 Å². The van der Waals surface area contributed by atoms with E-state index in [0.29, 0.717) is 84.3 Å². The first kappa shape index (κ1) is 38.3. The van der Waals surface area contributed by atoms with Crippen LogP contribution in [0.15, 0.2) is 45.3 Å². The van der Waals surface area contributed by atoms with E-state index >= 15 is 0 Å². The number of halogens is 2. The molecule has 52 heavy (non-hydrogen) atoms. The topological polar surface area (TPSA) is 149 Å². The smallest absolute Gasteiger partial charge is 0.410 e. The van der Waals surface area contributed by atoms with Crippen molar-refractivity contribution in [3.05, 3.63) is 56.5 Å². The summed E-state index contributed by atoms with van der Waals surface area (Å²) in [6.07, 6.45) is 2.26. The fourth-order valence-electron chi connectivity index (χ4n) is 7.67. The lowest BCUT2D eigenvalue weighted by atomic mass is 10.0. The first-order valence-corrected chi connectivity index (χ1v) is 19.5. The van der Waals surface area contributed by atoms with Crippen molar-refractivity contribution in [2.45, 2.75) is 56.7 Å². The molecule has 4 aliphatic rings. The van der Waals surface area contributed by atoms with Crippen LogP contribution in [0.25, 0.3) is 0 Å². The first-order chi connectivity index (χ1) is 25.0. The van der Waals surface area contributed by atoms with E-state index in [0.717, 1.165) is 43.6 Å². The number of amides is 5. The van der Waals surface area contributed by atoms with Crippen molar-refractivity contribution < 1.29 is 34.2 Å². The summed E-state index contributed by atoms with van der Waals surface area (Å²) in [4.78, 5) is 62.5. The summed E-state index contributed by atoms with van der Waals surface area (Å²) in [5, 5.41) is 23.3. The summed E-state index contributed by atoms with van der Waals surface area (Å²) in [7, 11) is 1.34. The van der Waals surface area contributed by atoms with E-state index in [2.05, 4.69) is 47.0 Å². The summed E-state index contributed by atoms with van der Waals surface area (Å²) in [5.41, 5.74) is 2.65. The average Bonchev–Trinajstić information content (AvgIpc) is 3.31. The van der Waals surface area contributed by atoms with Gasteiger partial charge in [-0.15, -0.1) is 0 Å². The van der Waals surface area contributed by atoms with Gasteiger partial charge in [-0.2, -0.15) is 0 Å². The number of hydroxylamine groups is 2. The van der Waals surface area contributed by atoms with E-state index in [-0.39, 0.29) is 42.6 Å². The Balaban J connectivity index is 1.05. The number of hydrogen-bond donors (Lipinski definition) is 3. The highest BCUT2D eigenvalue weighted by molar-refractivity contribution is 9.11. The van der Waals surface area contributed by atoms with Crippen LogP contribution >= 0.6 is 31.9 Å². The number of benzene rings is 2. The second-order valence-corrected chi connectivity index (χ2v) is 15.7. The standard InChI is InChI=1S/C36H47Br2N7O7/c1-40(51)32(46)23-41-11-7-26(8-12-41)42-16-18-43(19-17-42)34(48)31(22-24-20-28(37)33(47)29(38)21-24)52-36(50)44-13-9-27(10-14-44)45-15-6-25-4-2-3-5-30(25)39-35(45)49/h2-5,20-21,26-27,31,47,51H,6-19,22-23H2,1H3,(H,39,49). The molecule has 14 nitrogen and oxygen atoms in total. The van der Waals surface area contributed by atoms with Crippen LogP contribution in [0.5, 0.6) is 5.75 Å². The van der Waals surface area contributed by atoms with Crippen LogP contribution in [0.4, 0.5) is 15.3 Å². The molecule has 2 aromatic carbocycles. The minimum Gasteiger partial charge on any atom is -0.506 e. The molecule has 0 bridgehead atoms. The Labute approximate surface area is 320 Å². The molecular weight excluding hydrogens is 802 g/mol. The maximum absolute atomic E-state index is 14.1. The molecule has 2 aromatic rings. The van der Waals surface area contributed by atoms with Crippen LogP contribution in [0, 0.1) is 0 Å². The molecule has 5 amide bonds. The highest BCUT2D eigenvalue weighted by Crippen LogP contribution is 2.34. The van der Waals surface area contributed by atoms with Crippen molar-refractivity contribution in [1.82, 2.24) is 29.6 Å². The van der Waals surface area contributed by atoms with Crippen LogP contribution < -0.4 is 5.32 Å². The van der Waals surface area contributed by atoms with Gasteiger partial charge in [0.05, 0.1) is 15.5 Å². The third-order valence-corrected chi connectivity index (χ3v) is 11.9. The zero-order valence-corrected chi connectivity index (χ0v) is 32.6. The van der Waals surface area contributed by atoms with E-state index in [9.17, 15) is 29.5 Å². The van der Waals surface area contributed by atoms with Gasteiger partial charge in [0.1, 0.15) is 5.75 Å². The number of likely N-dealkylation sites (tertiary alicyclic amines) is 2. The van der Waals surface area contributed by atoms with Crippen molar-refractivity contribution in [2.24, 2.45) is 0 Å². The number of nitrogens with zero attached hydrogens (tertiary/aromatic N) is 6. The number of fused-ring (bicyclic) bond motifs is 1. The van der Waals surface area contributed by atoms with Gasteiger partial charge in [-0.25, -0.2) is 14.7 Å². The minimum atomic E-state index is -1.07. The number of phenolic OH excluding ortho intramolecular Hbond substituents is 1. The normalized spacial score (nSPS) is 20.2.